The Morgan fingerprint density at radius 1 is 1.12 bits per heavy atom. The van der Waals surface area contributed by atoms with Gasteiger partial charge in [-0.2, -0.15) is 0 Å². The minimum absolute atomic E-state index is 0.186. The van der Waals surface area contributed by atoms with Gasteiger partial charge in [0, 0.05) is 31.9 Å². The molecule has 0 bridgehead atoms. The molecule has 1 aliphatic heterocycles. The molecule has 1 saturated heterocycles. The van der Waals surface area contributed by atoms with Crippen LogP contribution in [0.1, 0.15) is 11.5 Å². The van der Waals surface area contributed by atoms with Crippen LogP contribution in [0.25, 0.3) is 0 Å². The first-order valence-corrected chi connectivity index (χ1v) is 8.69. The number of furan rings is 1. The molecular formula is C19H26N3O3+. The Balaban J connectivity index is 1.47. The predicted octanol–water partition coefficient (Wildman–Crippen LogP) is 0.657. The van der Waals surface area contributed by atoms with Gasteiger partial charge in [0.1, 0.15) is 18.1 Å². The molecule has 1 atom stereocenters. The van der Waals surface area contributed by atoms with E-state index in [0.29, 0.717) is 13.1 Å². The van der Waals surface area contributed by atoms with Crippen LogP contribution in [0.3, 0.4) is 0 Å². The maximum Gasteiger partial charge on any atom is 0.277 e. The van der Waals surface area contributed by atoms with Crippen LogP contribution in [0, 0.1) is 6.92 Å². The van der Waals surface area contributed by atoms with Gasteiger partial charge >= 0.3 is 0 Å². The Hall–Kier alpha value is -2.47. The number of aromatic hydroxyl groups is 1. The van der Waals surface area contributed by atoms with Gasteiger partial charge < -0.3 is 24.2 Å². The van der Waals surface area contributed by atoms with Gasteiger partial charge in [0.15, 0.2) is 12.3 Å². The van der Waals surface area contributed by atoms with E-state index in [-0.39, 0.29) is 11.7 Å². The molecule has 2 aromatic rings. The fraction of sp³-hybridized carbons (Fsp3) is 0.421. The molecule has 0 radical (unpaired) electrons. The number of hydrogen-bond acceptors (Lipinski definition) is 4. The van der Waals surface area contributed by atoms with Crippen LogP contribution in [-0.2, 0) is 11.3 Å². The molecule has 1 aliphatic rings. The minimum Gasteiger partial charge on any atom is -0.508 e. The molecule has 3 rings (SSSR count). The van der Waals surface area contributed by atoms with Crippen LogP contribution in [0.2, 0.25) is 0 Å². The summed E-state index contributed by atoms with van der Waals surface area (Å²) in [7, 11) is 2.02. The minimum atomic E-state index is 0.186. The predicted molar refractivity (Wildman–Crippen MR) is 95.8 cm³/mol. The normalized spacial score (nSPS) is 16.1. The summed E-state index contributed by atoms with van der Waals surface area (Å²) in [6, 6.07) is 11.1. The quantitative estimate of drug-likeness (QED) is 0.836. The number of amides is 1. The topological polar surface area (TPSA) is 61.4 Å². The van der Waals surface area contributed by atoms with Crippen molar-refractivity contribution in [3.8, 4) is 5.75 Å². The third kappa shape index (κ3) is 4.54. The summed E-state index contributed by atoms with van der Waals surface area (Å²) in [6.07, 6.45) is 0. The number of quaternary nitrogens is 1. The lowest BCUT2D eigenvalue weighted by atomic mass is 10.2. The van der Waals surface area contributed by atoms with Crippen LogP contribution in [0.4, 0.5) is 5.69 Å². The first kappa shape index (κ1) is 17.4. The van der Waals surface area contributed by atoms with E-state index in [0.717, 1.165) is 48.3 Å². The summed E-state index contributed by atoms with van der Waals surface area (Å²) in [5.41, 5.74) is 1.08. The van der Waals surface area contributed by atoms with Crippen molar-refractivity contribution in [2.24, 2.45) is 0 Å². The second-order valence-corrected chi connectivity index (χ2v) is 6.71. The summed E-state index contributed by atoms with van der Waals surface area (Å²) in [5, 5.41) is 9.38. The average molecular weight is 344 g/mol. The van der Waals surface area contributed by atoms with Gasteiger partial charge in [0.05, 0.1) is 7.05 Å². The lowest BCUT2D eigenvalue weighted by Crippen LogP contribution is -3.08. The number of anilines is 1. The third-order valence-corrected chi connectivity index (χ3v) is 4.57. The number of likely N-dealkylation sites (N-methyl/N-ethyl adjacent to an activating group) is 1. The van der Waals surface area contributed by atoms with E-state index >= 15 is 0 Å². The van der Waals surface area contributed by atoms with Crippen molar-refractivity contribution in [1.29, 1.82) is 0 Å². The van der Waals surface area contributed by atoms with Crippen molar-refractivity contribution in [3.05, 3.63) is 47.9 Å². The first-order valence-electron chi connectivity index (χ1n) is 8.69. The van der Waals surface area contributed by atoms with Crippen molar-refractivity contribution in [3.63, 3.8) is 0 Å². The SMILES string of the molecule is Cc1ccc(C[NH+](C)CC(=O)N2CCN(c3ccc(O)cc3)CC2)o1. The fourth-order valence-electron chi connectivity index (χ4n) is 3.19. The molecule has 0 saturated carbocycles. The highest BCUT2D eigenvalue weighted by molar-refractivity contribution is 5.77. The number of carbonyl (C=O) groups is 1. The van der Waals surface area contributed by atoms with E-state index in [9.17, 15) is 9.90 Å². The van der Waals surface area contributed by atoms with Gasteiger partial charge in [-0.1, -0.05) is 0 Å². The van der Waals surface area contributed by atoms with Crippen molar-refractivity contribution in [2.45, 2.75) is 13.5 Å². The zero-order valence-electron chi connectivity index (χ0n) is 14.9. The average Bonchev–Trinajstić information content (AvgIpc) is 3.00. The maximum absolute atomic E-state index is 12.5. The molecule has 1 fully saturated rings. The van der Waals surface area contributed by atoms with Crippen LogP contribution in [-0.4, -0.2) is 55.7 Å². The van der Waals surface area contributed by atoms with Crippen LogP contribution < -0.4 is 9.80 Å². The van der Waals surface area contributed by atoms with Gasteiger partial charge in [-0.25, -0.2) is 0 Å². The Labute approximate surface area is 148 Å². The number of phenolic OH excluding ortho intramolecular Hbond substituents is 1. The van der Waals surface area contributed by atoms with E-state index in [1.807, 2.05) is 43.1 Å². The number of nitrogens with zero attached hydrogens (tertiary/aromatic N) is 2. The van der Waals surface area contributed by atoms with Gasteiger partial charge in [-0.3, -0.25) is 4.79 Å². The maximum atomic E-state index is 12.5. The highest BCUT2D eigenvalue weighted by atomic mass is 16.3. The molecule has 1 aromatic carbocycles. The molecule has 0 spiro atoms. The van der Waals surface area contributed by atoms with E-state index in [1.165, 1.54) is 0 Å². The number of carbonyl (C=O) groups excluding carboxylic acids is 1. The van der Waals surface area contributed by atoms with Crippen LogP contribution >= 0.6 is 0 Å². The molecule has 2 N–H and O–H groups in total. The molecule has 1 amide bonds. The molecule has 1 aromatic heterocycles. The second-order valence-electron chi connectivity index (χ2n) is 6.71. The van der Waals surface area contributed by atoms with Gasteiger partial charge in [0.2, 0.25) is 0 Å². The summed E-state index contributed by atoms with van der Waals surface area (Å²) >= 11 is 0. The largest absolute Gasteiger partial charge is 0.508 e. The smallest absolute Gasteiger partial charge is 0.277 e. The van der Waals surface area contributed by atoms with E-state index in [4.69, 9.17) is 4.42 Å². The Morgan fingerprint density at radius 3 is 2.40 bits per heavy atom. The van der Waals surface area contributed by atoms with E-state index < -0.39 is 0 Å². The molecule has 0 aliphatic carbocycles. The summed E-state index contributed by atoms with van der Waals surface area (Å²) in [6.45, 7) is 6.20. The number of hydrogen-bond donors (Lipinski definition) is 2. The highest BCUT2D eigenvalue weighted by Gasteiger charge is 2.23. The Kier molecular flexibility index (Phi) is 5.28. The lowest BCUT2D eigenvalue weighted by molar-refractivity contribution is -0.886. The van der Waals surface area contributed by atoms with Gasteiger partial charge in [-0.15, -0.1) is 0 Å². The zero-order valence-corrected chi connectivity index (χ0v) is 14.9. The number of phenols is 1. The zero-order chi connectivity index (χ0) is 17.8. The second kappa shape index (κ2) is 7.61. The van der Waals surface area contributed by atoms with Crippen LogP contribution in [0.15, 0.2) is 40.8 Å². The van der Waals surface area contributed by atoms with Crippen molar-refractivity contribution in [1.82, 2.24) is 4.90 Å². The van der Waals surface area contributed by atoms with Gasteiger partial charge in [-0.05, 0) is 43.3 Å². The number of rotatable bonds is 5. The van der Waals surface area contributed by atoms with Crippen LogP contribution in [0.5, 0.6) is 5.75 Å². The summed E-state index contributed by atoms with van der Waals surface area (Å²) in [5.74, 6) is 2.28. The van der Waals surface area contributed by atoms with E-state index in [1.54, 1.807) is 12.1 Å². The molecule has 134 valence electrons. The molecule has 2 heterocycles. The first-order chi connectivity index (χ1) is 12.0. The van der Waals surface area contributed by atoms with E-state index in [2.05, 4.69) is 4.90 Å². The molecule has 1 unspecified atom stereocenters. The van der Waals surface area contributed by atoms with Crippen molar-refractivity contribution < 1.29 is 19.2 Å². The van der Waals surface area contributed by atoms with Crippen molar-refractivity contribution >= 4 is 11.6 Å². The van der Waals surface area contributed by atoms with Gasteiger partial charge in [0.25, 0.3) is 5.91 Å². The number of nitrogens with one attached hydrogen (secondary N) is 1. The third-order valence-electron chi connectivity index (χ3n) is 4.57. The number of piperazine rings is 1. The highest BCUT2D eigenvalue weighted by Crippen LogP contribution is 2.19. The number of benzene rings is 1. The Morgan fingerprint density at radius 2 is 1.80 bits per heavy atom. The molecule has 6 nitrogen and oxygen atoms in total. The Bertz CT molecular complexity index is 703. The summed E-state index contributed by atoms with van der Waals surface area (Å²) in [4.78, 5) is 17.8. The molecular weight excluding hydrogens is 318 g/mol. The lowest BCUT2D eigenvalue weighted by Gasteiger charge is -2.36. The molecule has 6 heteroatoms. The monoisotopic (exact) mass is 344 g/mol. The molecule has 25 heavy (non-hydrogen) atoms. The number of aryl methyl sites for hydroxylation is 1. The standard InChI is InChI=1S/C19H25N3O3/c1-15-3-8-18(25-15)13-20(2)14-19(24)22-11-9-21(10-12-22)16-4-6-17(23)7-5-16/h3-8,23H,9-14H2,1-2H3/p+1. The summed E-state index contributed by atoms with van der Waals surface area (Å²) < 4.78 is 5.58. The van der Waals surface area contributed by atoms with Crippen molar-refractivity contribution in [2.75, 3.05) is 44.7 Å². The fourth-order valence-corrected chi connectivity index (χ4v) is 3.19.